The van der Waals surface area contributed by atoms with Crippen molar-refractivity contribution in [1.82, 2.24) is 20.5 Å². The number of anilines is 1. The van der Waals surface area contributed by atoms with Crippen LogP contribution in [0.5, 0.6) is 0 Å². The minimum Gasteiger partial charge on any atom is -0.364 e. The summed E-state index contributed by atoms with van der Waals surface area (Å²) < 4.78 is 17.5. The molecular weight excluding hydrogens is 413 g/mol. The average Bonchev–Trinajstić information content (AvgIpc) is 3.11. The molecule has 174 valence electrons. The van der Waals surface area contributed by atoms with Crippen molar-refractivity contribution in [3.8, 4) is 11.1 Å². The molecule has 2 aromatic heterocycles. The van der Waals surface area contributed by atoms with E-state index in [4.69, 9.17) is 4.98 Å². The molecule has 1 aliphatic heterocycles. The summed E-state index contributed by atoms with van der Waals surface area (Å²) >= 11 is 0. The smallest absolute Gasteiger partial charge is 0.147 e. The van der Waals surface area contributed by atoms with Crippen LogP contribution in [0, 0.1) is 12.7 Å². The number of fused-ring (bicyclic) bond motifs is 3. The summed E-state index contributed by atoms with van der Waals surface area (Å²) in [5.74, 6) is 1.15. The van der Waals surface area contributed by atoms with Gasteiger partial charge < -0.3 is 11.1 Å². The highest BCUT2D eigenvalue weighted by molar-refractivity contribution is 5.85. The fourth-order valence-corrected chi connectivity index (χ4v) is 5.09. The van der Waals surface area contributed by atoms with Crippen molar-refractivity contribution < 1.29 is 4.39 Å². The Morgan fingerprint density at radius 1 is 1.00 bits per heavy atom. The number of aryl methyl sites for hydroxylation is 1. The third-order valence-electron chi connectivity index (χ3n) is 6.90. The van der Waals surface area contributed by atoms with Gasteiger partial charge in [-0.2, -0.15) is 0 Å². The van der Waals surface area contributed by atoms with Crippen LogP contribution in [0.15, 0.2) is 42.6 Å². The van der Waals surface area contributed by atoms with Gasteiger partial charge in [0.1, 0.15) is 11.6 Å². The van der Waals surface area contributed by atoms with Gasteiger partial charge in [0.15, 0.2) is 0 Å². The SMILES string of the molecule is Cc1nc(C(C)C)n2c1cnc1ccc(-c3ccc(N4CCCCC4(C)C)c(F)c3)cc12.N. The molecule has 1 fully saturated rings. The van der Waals surface area contributed by atoms with Crippen molar-refractivity contribution in [3.05, 3.63) is 59.9 Å². The van der Waals surface area contributed by atoms with Crippen molar-refractivity contribution in [2.75, 3.05) is 11.4 Å². The first-order valence-electron chi connectivity index (χ1n) is 11.6. The zero-order valence-corrected chi connectivity index (χ0v) is 20.3. The number of hydrogen-bond donors (Lipinski definition) is 1. The predicted octanol–water partition coefficient (Wildman–Crippen LogP) is 7.05. The van der Waals surface area contributed by atoms with Gasteiger partial charge in [0.2, 0.25) is 0 Å². The molecule has 0 amide bonds. The summed E-state index contributed by atoms with van der Waals surface area (Å²) in [4.78, 5) is 11.7. The van der Waals surface area contributed by atoms with E-state index in [1.165, 1.54) is 6.42 Å². The van der Waals surface area contributed by atoms with Crippen molar-refractivity contribution in [3.63, 3.8) is 0 Å². The van der Waals surface area contributed by atoms with Crippen LogP contribution < -0.4 is 11.1 Å². The molecule has 6 heteroatoms. The summed E-state index contributed by atoms with van der Waals surface area (Å²) in [7, 11) is 0. The number of rotatable bonds is 3. The van der Waals surface area contributed by atoms with Crippen LogP contribution in [-0.4, -0.2) is 26.5 Å². The van der Waals surface area contributed by atoms with Gasteiger partial charge in [-0.1, -0.05) is 26.0 Å². The van der Waals surface area contributed by atoms with E-state index in [2.05, 4.69) is 48.0 Å². The molecule has 3 N–H and O–H groups in total. The van der Waals surface area contributed by atoms with Crippen LogP contribution in [0.4, 0.5) is 10.1 Å². The normalized spacial score (nSPS) is 15.9. The van der Waals surface area contributed by atoms with E-state index >= 15 is 4.39 Å². The molecule has 0 spiro atoms. The second kappa shape index (κ2) is 8.41. The van der Waals surface area contributed by atoms with Crippen molar-refractivity contribution in [1.29, 1.82) is 0 Å². The summed E-state index contributed by atoms with van der Waals surface area (Å²) in [5.41, 5.74) is 6.46. The number of piperidine rings is 1. The molecule has 33 heavy (non-hydrogen) atoms. The summed E-state index contributed by atoms with van der Waals surface area (Å²) in [6.45, 7) is 11.7. The summed E-state index contributed by atoms with van der Waals surface area (Å²) in [6.07, 6.45) is 5.30. The first-order valence-corrected chi connectivity index (χ1v) is 11.6. The molecule has 1 aliphatic rings. The fourth-order valence-electron chi connectivity index (χ4n) is 5.09. The predicted molar refractivity (Wildman–Crippen MR) is 135 cm³/mol. The van der Waals surface area contributed by atoms with Gasteiger partial charge in [-0.25, -0.2) is 9.37 Å². The zero-order valence-electron chi connectivity index (χ0n) is 20.3. The van der Waals surface area contributed by atoms with Gasteiger partial charge in [-0.05, 0) is 75.4 Å². The van der Waals surface area contributed by atoms with Crippen molar-refractivity contribution >= 4 is 22.2 Å². The lowest BCUT2D eigenvalue weighted by molar-refractivity contribution is 0.357. The highest BCUT2D eigenvalue weighted by Crippen LogP contribution is 2.36. The van der Waals surface area contributed by atoms with Gasteiger partial charge in [-0.15, -0.1) is 0 Å². The maximum Gasteiger partial charge on any atom is 0.147 e. The van der Waals surface area contributed by atoms with Crippen LogP contribution >= 0.6 is 0 Å². The van der Waals surface area contributed by atoms with Crippen molar-refractivity contribution in [2.45, 2.75) is 65.3 Å². The lowest BCUT2D eigenvalue weighted by Crippen LogP contribution is -2.48. The largest absolute Gasteiger partial charge is 0.364 e. The number of nitrogens with zero attached hydrogens (tertiary/aromatic N) is 4. The molecule has 0 radical (unpaired) electrons. The van der Waals surface area contributed by atoms with Gasteiger partial charge in [0.25, 0.3) is 0 Å². The number of benzene rings is 2. The molecule has 0 atom stereocenters. The van der Waals surface area contributed by atoms with Crippen LogP contribution in [0.25, 0.3) is 27.7 Å². The molecule has 1 saturated heterocycles. The zero-order chi connectivity index (χ0) is 22.6. The number of hydrogen-bond acceptors (Lipinski definition) is 4. The number of imidazole rings is 1. The van der Waals surface area contributed by atoms with Gasteiger partial charge in [-0.3, -0.25) is 9.38 Å². The highest BCUT2D eigenvalue weighted by atomic mass is 19.1. The fraction of sp³-hybridized carbons (Fsp3) is 0.407. The van der Waals surface area contributed by atoms with Gasteiger partial charge in [0.05, 0.1) is 34.1 Å². The van der Waals surface area contributed by atoms with E-state index in [-0.39, 0.29) is 23.4 Å². The standard InChI is InChI=1S/C27H31FN4.H3N/c1-17(2)26-30-18(3)25-16-29-22-10-8-20(15-24(22)32(25)26)19-9-11-23(21(28)14-19)31-13-7-6-12-27(31,4)5;/h8-11,14-17H,6-7,12-13H2,1-5H3;1H3. The van der Waals surface area contributed by atoms with Crippen LogP contribution in [0.1, 0.15) is 64.4 Å². The first kappa shape index (κ1) is 23.2. The lowest BCUT2D eigenvalue weighted by atomic mass is 9.89. The molecular formula is C27H34FN5. The second-order valence-electron chi connectivity index (χ2n) is 9.98. The molecule has 3 heterocycles. The quantitative estimate of drug-likeness (QED) is 0.365. The molecule has 0 aliphatic carbocycles. The Bertz CT molecular complexity index is 1320. The maximum atomic E-state index is 15.3. The highest BCUT2D eigenvalue weighted by Gasteiger charge is 2.31. The Morgan fingerprint density at radius 2 is 1.73 bits per heavy atom. The molecule has 4 aromatic rings. The van der Waals surface area contributed by atoms with E-state index in [1.807, 2.05) is 37.4 Å². The molecule has 5 nitrogen and oxygen atoms in total. The topological polar surface area (TPSA) is 68.4 Å². The Hall–Kier alpha value is -2.99. The Kier molecular flexibility index (Phi) is 5.91. The Balaban J connectivity index is 0.00000259. The van der Waals surface area contributed by atoms with Crippen LogP contribution in [0.3, 0.4) is 0 Å². The minimum absolute atomic E-state index is 0. The Labute approximate surface area is 195 Å². The third kappa shape index (κ3) is 3.86. The van der Waals surface area contributed by atoms with Crippen molar-refractivity contribution in [2.24, 2.45) is 0 Å². The minimum atomic E-state index is -0.157. The summed E-state index contributed by atoms with van der Waals surface area (Å²) in [5, 5.41) is 0. The van der Waals surface area contributed by atoms with E-state index in [0.717, 1.165) is 58.6 Å². The third-order valence-corrected chi connectivity index (χ3v) is 6.90. The van der Waals surface area contributed by atoms with Gasteiger partial charge >= 0.3 is 0 Å². The van der Waals surface area contributed by atoms with E-state index < -0.39 is 0 Å². The van der Waals surface area contributed by atoms with E-state index in [1.54, 1.807) is 6.07 Å². The van der Waals surface area contributed by atoms with E-state index in [9.17, 15) is 0 Å². The van der Waals surface area contributed by atoms with Gasteiger partial charge in [0, 0.05) is 18.0 Å². The maximum absolute atomic E-state index is 15.3. The molecule has 5 rings (SSSR count). The van der Waals surface area contributed by atoms with Crippen LogP contribution in [-0.2, 0) is 0 Å². The first-order chi connectivity index (χ1) is 15.3. The molecule has 0 saturated carbocycles. The second-order valence-corrected chi connectivity index (χ2v) is 9.98. The lowest BCUT2D eigenvalue weighted by Gasteiger charge is -2.44. The number of halogens is 1. The Morgan fingerprint density at radius 3 is 2.42 bits per heavy atom. The molecule has 2 aromatic carbocycles. The van der Waals surface area contributed by atoms with E-state index in [0.29, 0.717) is 5.69 Å². The summed E-state index contributed by atoms with van der Waals surface area (Å²) in [6, 6.07) is 11.8. The van der Waals surface area contributed by atoms with Crippen LogP contribution in [0.2, 0.25) is 0 Å². The average molecular weight is 448 g/mol. The molecule has 0 bridgehead atoms. The number of aromatic nitrogens is 3. The monoisotopic (exact) mass is 447 g/mol. The molecule has 0 unspecified atom stereocenters.